The number of hydrogen-bond acceptors (Lipinski definition) is 2. The second-order valence-electron chi connectivity index (χ2n) is 3.15. The van der Waals surface area contributed by atoms with Gasteiger partial charge in [0.1, 0.15) is 0 Å². The average Bonchev–Trinajstić information content (AvgIpc) is 2.03. The summed E-state index contributed by atoms with van der Waals surface area (Å²) in [6.45, 7) is 3.94. The molecule has 3 nitrogen and oxygen atoms in total. The lowest BCUT2D eigenvalue weighted by atomic mass is 10.0. The van der Waals surface area contributed by atoms with E-state index < -0.39 is 4.92 Å². The number of hydrogen-bond donors (Lipinski definition) is 0. The smallest absolute Gasteiger partial charge is 0.258 e. The average molecular weight is 200 g/mol. The predicted molar refractivity (Wildman–Crippen MR) is 52.2 cm³/mol. The van der Waals surface area contributed by atoms with E-state index in [0.717, 1.165) is 5.56 Å². The predicted octanol–water partition coefficient (Wildman–Crippen LogP) is 3.37. The van der Waals surface area contributed by atoms with Crippen molar-refractivity contribution in [2.45, 2.75) is 19.8 Å². The van der Waals surface area contributed by atoms with Crippen molar-refractivity contribution in [2.75, 3.05) is 0 Å². The van der Waals surface area contributed by atoms with Crippen molar-refractivity contribution in [3.8, 4) is 0 Å². The molecule has 0 bridgehead atoms. The molecule has 13 heavy (non-hydrogen) atoms. The van der Waals surface area contributed by atoms with Gasteiger partial charge in [0.25, 0.3) is 5.69 Å². The maximum Gasteiger partial charge on any atom is 0.271 e. The molecule has 0 heterocycles. The minimum Gasteiger partial charge on any atom is -0.258 e. The number of nitro benzene ring substituents is 1. The van der Waals surface area contributed by atoms with Crippen LogP contribution in [0.1, 0.15) is 25.3 Å². The molecule has 70 valence electrons. The Bertz CT molecular complexity index is 336. The van der Waals surface area contributed by atoms with E-state index in [-0.39, 0.29) is 11.6 Å². The summed E-state index contributed by atoms with van der Waals surface area (Å²) in [5, 5.41) is 10.9. The number of non-ortho nitro benzene ring substituents is 1. The van der Waals surface area contributed by atoms with Crippen molar-refractivity contribution in [3.63, 3.8) is 0 Å². The molecular weight excluding hydrogens is 190 g/mol. The van der Waals surface area contributed by atoms with E-state index in [9.17, 15) is 10.1 Å². The highest BCUT2D eigenvalue weighted by atomic mass is 35.5. The summed E-state index contributed by atoms with van der Waals surface area (Å²) in [6.07, 6.45) is 0. The van der Waals surface area contributed by atoms with Crippen LogP contribution in [-0.2, 0) is 0 Å². The molecule has 0 N–H and O–H groups in total. The van der Waals surface area contributed by atoms with Crippen LogP contribution in [0.3, 0.4) is 0 Å². The molecule has 0 fully saturated rings. The van der Waals surface area contributed by atoms with Crippen LogP contribution in [0.5, 0.6) is 0 Å². The summed E-state index contributed by atoms with van der Waals surface area (Å²) < 4.78 is 0. The normalized spacial score (nSPS) is 10.5. The highest BCUT2D eigenvalue weighted by Crippen LogP contribution is 2.25. The Hall–Kier alpha value is -1.09. The van der Waals surface area contributed by atoms with Gasteiger partial charge >= 0.3 is 0 Å². The fourth-order valence-corrected chi connectivity index (χ4v) is 1.27. The van der Waals surface area contributed by atoms with Gasteiger partial charge in [-0.2, -0.15) is 0 Å². The molecule has 0 unspecified atom stereocenters. The van der Waals surface area contributed by atoms with Crippen LogP contribution in [0.15, 0.2) is 18.2 Å². The molecule has 1 aromatic rings. The fourth-order valence-electron chi connectivity index (χ4n) is 1.03. The van der Waals surface area contributed by atoms with E-state index in [1.165, 1.54) is 6.07 Å². The molecule has 0 saturated carbocycles. The Morgan fingerprint density at radius 3 is 2.46 bits per heavy atom. The lowest BCUT2D eigenvalue weighted by molar-refractivity contribution is -0.384. The molecule has 0 amide bonds. The first kappa shape index (κ1) is 9.99. The number of benzene rings is 1. The van der Waals surface area contributed by atoms with Crippen LogP contribution in [-0.4, -0.2) is 4.92 Å². The number of rotatable bonds is 2. The molecule has 0 atom stereocenters. The fraction of sp³-hybridized carbons (Fsp3) is 0.333. The quantitative estimate of drug-likeness (QED) is 0.541. The largest absolute Gasteiger partial charge is 0.271 e. The first-order chi connectivity index (χ1) is 6.00. The minimum atomic E-state index is -0.433. The Labute approximate surface area is 81.5 Å². The van der Waals surface area contributed by atoms with Gasteiger partial charge in [-0.3, -0.25) is 10.1 Å². The monoisotopic (exact) mass is 199 g/mol. The SMILES string of the molecule is CC(C)c1cc(Cl)cc([N+](=O)[O-])c1. The molecule has 4 heteroatoms. The molecule has 0 aliphatic carbocycles. The summed E-state index contributed by atoms with van der Waals surface area (Å²) in [6, 6.07) is 4.66. The minimum absolute atomic E-state index is 0.0520. The van der Waals surface area contributed by atoms with Gasteiger partial charge in [-0.25, -0.2) is 0 Å². The summed E-state index contributed by atoms with van der Waals surface area (Å²) in [5.74, 6) is 0.248. The van der Waals surface area contributed by atoms with Gasteiger partial charge in [0.15, 0.2) is 0 Å². The number of halogens is 1. The van der Waals surface area contributed by atoms with Crippen LogP contribution in [0.4, 0.5) is 5.69 Å². The van der Waals surface area contributed by atoms with Gasteiger partial charge in [-0.15, -0.1) is 0 Å². The zero-order valence-corrected chi connectivity index (χ0v) is 8.21. The van der Waals surface area contributed by atoms with E-state index in [1.54, 1.807) is 12.1 Å². The van der Waals surface area contributed by atoms with Gasteiger partial charge in [0.2, 0.25) is 0 Å². The van der Waals surface area contributed by atoms with Crippen molar-refractivity contribution < 1.29 is 4.92 Å². The Morgan fingerprint density at radius 2 is 2.00 bits per heavy atom. The van der Waals surface area contributed by atoms with Crippen LogP contribution in [0, 0.1) is 10.1 Å². The summed E-state index contributed by atoms with van der Waals surface area (Å²) in [7, 11) is 0. The Kier molecular flexibility index (Phi) is 2.88. The third-order valence-corrected chi connectivity index (χ3v) is 2.00. The van der Waals surface area contributed by atoms with Crippen LogP contribution < -0.4 is 0 Å². The molecule has 0 saturated heterocycles. The number of nitrogens with zero attached hydrogens (tertiary/aromatic N) is 1. The third kappa shape index (κ3) is 2.42. The second kappa shape index (κ2) is 3.75. The van der Waals surface area contributed by atoms with E-state index >= 15 is 0 Å². The highest BCUT2D eigenvalue weighted by molar-refractivity contribution is 6.30. The molecule has 0 spiro atoms. The lowest BCUT2D eigenvalue weighted by Gasteiger charge is -2.04. The van der Waals surface area contributed by atoms with Crippen molar-refractivity contribution >= 4 is 17.3 Å². The standard InChI is InChI=1S/C9H10ClNO2/c1-6(2)7-3-8(10)5-9(4-7)11(12)13/h3-6H,1-2H3. The molecule has 0 aliphatic rings. The van der Waals surface area contributed by atoms with E-state index in [1.807, 2.05) is 13.8 Å². The van der Waals surface area contributed by atoms with Crippen molar-refractivity contribution in [3.05, 3.63) is 38.9 Å². The molecule has 1 aromatic carbocycles. The summed E-state index contributed by atoms with van der Waals surface area (Å²) >= 11 is 5.73. The maximum absolute atomic E-state index is 10.5. The van der Waals surface area contributed by atoms with Gasteiger partial charge < -0.3 is 0 Å². The maximum atomic E-state index is 10.5. The molecule has 0 aliphatic heterocycles. The third-order valence-electron chi connectivity index (χ3n) is 1.78. The van der Waals surface area contributed by atoms with E-state index in [4.69, 9.17) is 11.6 Å². The number of nitro groups is 1. The lowest BCUT2D eigenvalue weighted by Crippen LogP contribution is -1.92. The van der Waals surface area contributed by atoms with Gasteiger partial charge in [-0.05, 0) is 17.5 Å². The zero-order valence-electron chi connectivity index (χ0n) is 7.45. The van der Waals surface area contributed by atoms with Crippen molar-refractivity contribution in [2.24, 2.45) is 0 Å². The summed E-state index contributed by atoms with van der Waals surface area (Å²) in [5.41, 5.74) is 0.940. The van der Waals surface area contributed by atoms with Gasteiger partial charge in [0.05, 0.1) is 4.92 Å². The summed E-state index contributed by atoms with van der Waals surface area (Å²) in [4.78, 5) is 10.0. The molecular formula is C9H10ClNO2. The van der Waals surface area contributed by atoms with Crippen LogP contribution in [0.25, 0.3) is 0 Å². The first-order valence-corrected chi connectivity index (χ1v) is 4.33. The van der Waals surface area contributed by atoms with E-state index in [2.05, 4.69) is 0 Å². The van der Waals surface area contributed by atoms with Crippen LogP contribution in [0.2, 0.25) is 5.02 Å². The topological polar surface area (TPSA) is 43.1 Å². The zero-order chi connectivity index (χ0) is 10.0. The van der Waals surface area contributed by atoms with Gasteiger partial charge in [0, 0.05) is 17.2 Å². The van der Waals surface area contributed by atoms with Gasteiger partial charge in [-0.1, -0.05) is 25.4 Å². The second-order valence-corrected chi connectivity index (χ2v) is 3.59. The van der Waals surface area contributed by atoms with Crippen molar-refractivity contribution in [1.82, 2.24) is 0 Å². The molecule has 0 radical (unpaired) electrons. The highest BCUT2D eigenvalue weighted by Gasteiger charge is 2.10. The molecule has 0 aromatic heterocycles. The van der Waals surface area contributed by atoms with Crippen LogP contribution >= 0.6 is 11.6 Å². The van der Waals surface area contributed by atoms with E-state index in [0.29, 0.717) is 5.02 Å². The Balaban J connectivity index is 3.19. The van der Waals surface area contributed by atoms with Crippen molar-refractivity contribution in [1.29, 1.82) is 0 Å². The molecule has 1 rings (SSSR count). The Morgan fingerprint density at radius 1 is 1.38 bits per heavy atom. The first-order valence-electron chi connectivity index (χ1n) is 3.95.